The van der Waals surface area contributed by atoms with Gasteiger partial charge in [-0.3, -0.25) is 9.59 Å². The maximum Gasteiger partial charge on any atom is 0.367 e. The van der Waals surface area contributed by atoms with Crippen molar-refractivity contribution in [1.29, 1.82) is 0 Å². The van der Waals surface area contributed by atoms with Gasteiger partial charge in [0, 0.05) is 4.75 Å². The zero-order valence-corrected chi connectivity index (χ0v) is 16.4. The van der Waals surface area contributed by atoms with Gasteiger partial charge in [0.15, 0.2) is 0 Å². The lowest BCUT2D eigenvalue weighted by atomic mass is 9.96. The van der Waals surface area contributed by atoms with E-state index in [0.717, 1.165) is 0 Å². The van der Waals surface area contributed by atoms with E-state index in [1.165, 1.54) is 16.7 Å². The molecule has 2 heterocycles. The molecule has 0 aliphatic carbocycles. The molecule has 2 fully saturated rings. The van der Waals surface area contributed by atoms with Crippen LogP contribution in [-0.4, -0.2) is 75.8 Å². The summed E-state index contributed by atoms with van der Waals surface area (Å²) in [6.07, 6.45) is 0. The normalized spacial score (nSPS) is 27.0. The zero-order valence-electron chi connectivity index (χ0n) is 15.6. The first-order valence-electron chi connectivity index (χ1n) is 8.60. The third-order valence-electron chi connectivity index (χ3n) is 4.24. The molecule has 0 aromatic heterocycles. The first-order valence-corrected chi connectivity index (χ1v) is 9.48. The van der Waals surface area contributed by atoms with Crippen LogP contribution < -0.4 is 5.32 Å². The van der Waals surface area contributed by atoms with Gasteiger partial charge in [-0.25, -0.2) is 4.79 Å². The first-order chi connectivity index (χ1) is 12.1. The molecule has 0 radical (unpaired) electrons. The second-order valence-corrected chi connectivity index (χ2v) is 8.18. The first kappa shape index (κ1) is 20.9. The van der Waals surface area contributed by atoms with Crippen LogP contribution in [0.5, 0.6) is 0 Å². The average molecular weight is 390 g/mol. The van der Waals surface area contributed by atoms with Crippen molar-refractivity contribution in [3.8, 4) is 0 Å². The molecule has 2 aliphatic heterocycles. The number of amides is 2. The molecule has 2 saturated heterocycles. The van der Waals surface area contributed by atoms with Gasteiger partial charge in [0.2, 0.25) is 5.91 Å². The van der Waals surface area contributed by atoms with Crippen molar-refractivity contribution in [2.24, 2.45) is 0 Å². The lowest BCUT2D eigenvalue weighted by Gasteiger charge is -2.44. The summed E-state index contributed by atoms with van der Waals surface area (Å²) >= 11 is 1.35. The van der Waals surface area contributed by atoms with Gasteiger partial charge < -0.3 is 29.5 Å². The highest BCUT2D eigenvalue weighted by molar-refractivity contribution is 8.01. The van der Waals surface area contributed by atoms with E-state index in [2.05, 4.69) is 5.32 Å². The average Bonchev–Trinajstić information content (AvgIpc) is 2.81. The number of aliphatic carboxylic acids is 1. The van der Waals surface area contributed by atoms with Gasteiger partial charge >= 0.3 is 17.8 Å². The quantitative estimate of drug-likeness (QED) is 0.429. The van der Waals surface area contributed by atoms with E-state index in [9.17, 15) is 19.5 Å². The Bertz CT molecular complexity index is 566. The summed E-state index contributed by atoms with van der Waals surface area (Å²) in [5.74, 6) is -4.13. The fourth-order valence-corrected chi connectivity index (χ4v) is 4.89. The lowest BCUT2D eigenvalue weighted by molar-refractivity contribution is -0.351. The number of fused-ring (bicyclic) bond motifs is 1. The topological polar surface area (TPSA) is 114 Å². The molecular formula is C16H26N2O7S. The maximum absolute atomic E-state index is 12.8. The van der Waals surface area contributed by atoms with Gasteiger partial charge in [-0.1, -0.05) is 0 Å². The number of hydrogen-bond acceptors (Lipinski definition) is 7. The molecule has 0 unspecified atom stereocenters. The number of rotatable bonds is 9. The summed E-state index contributed by atoms with van der Waals surface area (Å²) in [7, 11) is 0. The minimum Gasteiger partial charge on any atom is -0.480 e. The maximum atomic E-state index is 12.8. The van der Waals surface area contributed by atoms with Crippen LogP contribution in [0.4, 0.5) is 0 Å². The minimum absolute atomic E-state index is 0.171. The van der Waals surface area contributed by atoms with E-state index >= 15 is 0 Å². The molecule has 0 saturated carbocycles. The number of carboxylic acid groups (broad SMARTS) is 1. The summed E-state index contributed by atoms with van der Waals surface area (Å²) in [6.45, 7) is 9.15. The smallest absolute Gasteiger partial charge is 0.367 e. The number of carbonyl (C=O) groups is 3. The van der Waals surface area contributed by atoms with Crippen LogP contribution in [-0.2, 0) is 28.6 Å². The van der Waals surface area contributed by atoms with Gasteiger partial charge in [-0.05, 0) is 34.6 Å². The van der Waals surface area contributed by atoms with Gasteiger partial charge in [0.1, 0.15) is 17.5 Å². The third kappa shape index (κ3) is 3.42. The molecule has 2 rings (SSSR count). The number of thioether (sulfide) groups is 1. The highest BCUT2D eigenvalue weighted by Gasteiger charge is 2.65. The molecule has 10 heteroatoms. The Morgan fingerprint density at radius 1 is 1.19 bits per heavy atom. The Balaban J connectivity index is 2.17. The van der Waals surface area contributed by atoms with Crippen LogP contribution in [0.1, 0.15) is 34.6 Å². The van der Waals surface area contributed by atoms with E-state index in [1.807, 2.05) is 0 Å². The second-order valence-electron chi connectivity index (χ2n) is 6.40. The fourth-order valence-electron chi connectivity index (χ4n) is 3.27. The van der Waals surface area contributed by atoms with Crippen molar-refractivity contribution in [1.82, 2.24) is 10.2 Å². The molecule has 9 nitrogen and oxygen atoms in total. The second kappa shape index (κ2) is 7.71. The highest BCUT2D eigenvalue weighted by atomic mass is 32.2. The number of carboxylic acids is 1. The zero-order chi connectivity index (χ0) is 19.7. The Morgan fingerprint density at radius 2 is 1.69 bits per heavy atom. The molecule has 0 aromatic carbocycles. The molecule has 2 aliphatic rings. The largest absolute Gasteiger partial charge is 0.480 e. The van der Waals surface area contributed by atoms with Crippen LogP contribution >= 0.6 is 11.8 Å². The molecule has 26 heavy (non-hydrogen) atoms. The van der Waals surface area contributed by atoms with Gasteiger partial charge in [0.05, 0.1) is 19.8 Å². The number of nitrogens with zero attached hydrogens (tertiary/aromatic N) is 1. The van der Waals surface area contributed by atoms with Crippen molar-refractivity contribution in [2.75, 3.05) is 19.8 Å². The summed E-state index contributed by atoms with van der Waals surface area (Å²) in [5, 5.41) is 11.6. The van der Waals surface area contributed by atoms with E-state index < -0.39 is 46.0 Å². The van der Waals surface area contributed by atoms with Crippen molar-refractivity contribution in [2.45, 2.75) is 62.8 Å². The molecule has 0 bridgehead atoms. The number of nitrogens with one attached hydrogen (secondary N) is 1. The van der Waals surface area contributed by atoms with Crippen LogP contribution in [0.15, 0.2) is 0 Å². The molecule has 3 atom stereocenters. The summed E-state index contributed by atoms with van der Waals surface area (Å²) in [4.78, 5) is 38.1. The SMILES string of the molecule is CCOC(OCC)(OCC)C(=O)N[C@@H]1C(=O)N2[C@@H]1SC(C)(C)[C@@H]2C(=O)O. The van der Waals surface area contributed by atoms with Gasteiger partial charge in [0.25, 0.3) is 0 Å². The van der Waals surface area contributed by atoms with Crippen molar-refractivity contribution in [3.63, 3.8) is 0 Å². The molecule has 2 N–H and O–H groups in total. The molecular weight excluding hydrogens is 364 g/mol. The molecule has 0 aromatic rings. The summed E-state index contributed by atoms with van der Waals surface area (Å²) in [6, 6.07) is -1.79. The Hall–Kier alpha value is -1.36. The standard InChI is InChI=1S/C16H26N2O7S/c1-6-23-16(24-7-2,25-8-3)14(22)17-9-11(19)18-10(13(20)21)15(4,5)26-12(9)18/h9-10,12H,6-8H2,1-5H3,(H,17,22)(H,20,21)/t9-,10+,12-/m1/s1. The minimum atomic E-state index is -1.93. The number of carbonyl (C=O) groups excluding carboxylic acids is 2. The Kier molecular flexibility index (Phi) is 6.21. The predicted molar refractivity (Wildman–Crippen MR) is 93.3 cm³/mol. The Labute approximate surface area is 156 Å². The third-order valence-corrected chi connectivity index (χ3v) is 5.81. The molecule has 148 valence electrons. The van der Waals surface area contributed by atoms with E-state index in [1.54, 1.807) is 34.6 Å². The van der Waals surface area contributed by atoms with Crippen molar-refractivity contribution in [3.05, 3.63) is 0 Å². The van der Waals surface area contributed by atoms with Crippen molar-refractivity contribution >= 4 is 29.5 Å². The summed E-state index contributed by atoms with van der Waals surface area (Å²) < 4.78 is 15.6. The van der Waals surface area contributed by atoms with E-state index in [0.29, 0.717) is 0 Å². The lowest BCUT2D eigenvalue weighted by Crippen LogP contribution is -2.72. The highest BCUT2D eigenvalue weighted by Crippen LogP contribution is 2.50. The van der Waals surface area contributed by atoms with Crippen LogP contribution in [0, 0.1) is 0 Å². The van der Waals surface area contributed by atoms with E-state index in [4.69, 9.17) is 14.2 Å². The Morgan fingerprint density at radius 3 is 2.12 bits per heavy atom. The van der Waals surface area contributed by atoms with Crippen LogP contribution in [0.3, 0.4) is 0 Å². The van der Waals surface area contributed by atoms with Crippen LogP contribution in [0.2, 0.25) is 0 Å². The molecule has 0 spiro atoms. The molecule has 2 amide bonds. The van der Waals surface area contributed by atoms with Crippen molar-refractivity contribution < 1.29 is 33.7 Å². The van der Waals surface area contributed by atoms with Gasteiger partial charge in [-0.2, -0.15) is 0 Å². The summed E-state index contributed by atoms with van der Waals surface area (Å²) in [5.41, 5.74) is 0. The number of β-lactam (4-membered cyclic amide) rings is 1. The number of ether oxygens (including phenoxy) is 3. The van der Waals surface area contributed by atoms with Gasteiger partial charge in [-0.15, -0.1) is 11.8 Å². The van der Waals surface area contributed by atoms with Crippen LogP contribution in [0.25, 0.3) is 0 Å². The monoisotopic (exact) mass is 390 g/mol. The fraction of sp³-hybridized carbons (Fsp3) is 0.812. The van der Waals surface area contributed by atoms with E-state index in [-0.39, 0.29) is 19.8 Å². The predicted octanol–water partition coefficient (Wildman–Crippen LogP) is 0.381. The number of hydrogen-bond donors (Lipinski definition) is 2.